The van der Waals surface area contributed by atoms with Gasteiger partial charge in [-0.2, -0.15) is 4.72 Å². The molecule has 0 radical (unpaired) electrons. The number of amides is 1. The van der Waals surface area contributed by atoms with Gasteiger partial charge in [-0.1, -0.05) is 36.4 Å². The SMILES string of the molecule is COc1ccc([C@H](C)NC(=O)[C@H](Cc2ccccc2)NS(=O)(=O)c2ccc(OC)c(OC)c2)cc1OC. The van der Waals surface area contributed by atoms with Crippen molar-refractivity contribution in [3.8, 4) is 23.0 Å². The predicted octanol–water partition coefficient (Wildman–Crippen LogP) is 3.49. The Hall–Kier alpha value is -3.76. The number of hydrogen-bond acceptors (Lipinski definition) is 7. The molecule has 0 unspecified atom stereocenters. The van der Waals surface area contributed by atoms with Crippen LogP contribution in [-0.4, -0.2) is 48.8 Å². The number of benzene rings is 3. The number of ether oxygens (including phenoxy) is 4. The quantitative estimate of drug-likeness (QED) is 0.370. The highest BCUT2D eigenvalue weighted by Crippen LogP contribution is 2.31. The first-order chi connectivity index (χ1) is 17.7. The van der Waals surface area contributed by atoms with Crippen molar-refractivity contribution < 1.29 is 32.2 Å². The average Bonchev–Trinajstić information content (AvgIpc) is 2.92. The van der Waals surface area contributed by atoms with Gasteiger partial charge in [-0.15, -0.1) is 0 Å². The number of hydrogen-bond donors (Lipinski definition) is 2. The van der Waals surface area contributed by atoms with Gasteiger partial charge in [0.2, 0.25) is 15.9 Å². The second-order valence-corrected chi connectivity index (χ2v) is 9.94. The van der Waals surface area contributed by atoms with Crippen LogP contribution in [0.3, 0.4) is 0 Å². The van der Waals surface area contributed by atoms with E-state index in [1.807, 2.05) is 43.3 Å². The number of carbonyl (C=O) groups excluding carboxylic acids is 1. The summed E-state index contributed by atoms with van der Waals surface area (Å²) in [6.07, 6.45) is 0.151. The minimum Gasteiger partial charge on any atom is -0.493 e. The molecule has 0 fully saturated rings. The fraction of sp³-hybridized carbons (Fsp3) is 0.296. The molecule has 2 atom stereocenters. The van der Waals surface area contributed by atoms with E-state index in [-0.39, 0.29) is 17.1 Å². The third-order valence-electron chi connectivity index (χ3n) is 5.83. The van der Waals surface area contributed by atoms with Crippen LogP contribution in [0.4, 0.5) is 0 Å². The summed E-state index contributed by atoms with van der Waals surface area (Å²) < 4.78 is 50.2. The van der Waals surface area contributed by atoms with E-state index in [0.29, 0.717) is 17.2 Å². The van der Waals surface area contributed by atoms with Crippen LogP contribution in [0.15, 0.2) is 71.6 Å². The van der Waals surface area contributed by atoms with Crippen LogP contribution in [0.2, 0.25) is 0 Å². The van der Waals surface area contributed by atoms with Crippen LogP contribution >= 0.6 is 0 Å². The highest BCUT2D eigenvalue weighted by atomic mass is 32.2. The van der Waals surface area contributed by atoms with E-state index in [9.17, 15) is 13.2 Å². The van der Waals surface area contributed by atoms with E-state index < -0.39 is 28.0 Å². The molecule has 0 spiro atoms. The van der Waals surface area contributed by atoms with Gasteiger partial charge in [0.25, 0.3) is 0 Å². The molecule has 1 amide bonds. The van der Waals surface area contributed by atoms with Gasteiger partial charge in [0.15, 0.2) is 23.0 Å². The number of nitrogens with one attached hydrogen (secondary N) is 2. The molecule has 0 saturated heterocycles. The van der Waals surface area contributed by atoms with Crippen LogP contribution < -0.4 is 29.0 Å². The number of sulfonamides is 1. The van der Waals surface area contributed by atoms with Crippen molar-refractivity contribution in [1.82, 2.24) is 10.0 Å². The van der Waals surface area contributed by atoms with Gasteiger partial charge < -0.3 is 24.3 Å². The Labute approximate surface area is 217 Å². The van der Waals surface area contributed by atoms with Crippen molar-refractivity contribution in [2.75, 3.05) is 28.4 Å². The van der Waals surface area contributed by atoms with Gasteiger partial charge in [0.05, 0.1) is 39.4 Å². The molecule has 198 valence electrons. The zero-order chi connectivity index (χ0) is 27.0. The maximum atomic E-state index is 13.4. The molecule has 3 rings (SSSR count). The highest BCUT2D eigenvalue weighted by molar-refractivity contribution is 7.89. The molecule has 0 aliphatic carbocycles. The maximum Gasteiger partial charge on any atom is 0.241 e. The van der Waals surface area contributed by atoms with Crippen molar-refractivity contribution in [3.05, 3.63) is 77.9 Å². The zero-order valence-electron chi connectivity index (χ0n) is 21.5. The fourth-order valence-electron chi connectivity index (χ4n) is 3.80. The fourth-order valence-corrected chi connectivity index (χ4v) is 5.01. The predicted molar refractivity (Wildman–Crippen MR) is 140 cm³/mol. The molecule has 10 heteroatoms. The summed E-state index contributed by atoms with van der Waals surface area (Å²) in [5, 5.41) is 2.91. The van der Waals surface area contributed by atoms with Crippen LogP contribution in [-0.2, 0) is 21.2 Å². The maximum absolute atomic E-state index is 13.4. The Kier molecular flexibility index (Phi) is 9.37. The number of carbonyl (C=O) groups is 1. The summed E-state index contributed by atoms with van der Waals surface area (Å²) in [5.41, 5.74) is 1.57. The van der Waals surface area contributed by atoms with E-state index >= 15 is 0 Å². The van der Waals surface area contributed by atoms with Crippen molar-refractivity contribution in [3.63, 3.8) is 0 Å². The number of rotatable bonds is 12. The average molecular weight is 529 g/mol. The zero-order valence-corrected chi connectivity index (χ0v) is 22.3. The van der Waals surface area contributed by atoms with Gasteiger partial charge in [0, 0.05) is 6.07 Å². The third kappa shape index (κ3) is 6.93. The Balaban J connectivity index is 1.87. The summed E-state index contributed by atoms with van der Waals surface area (Å²) in [4.78, 5) is 13.4. The van der Waals surface area contributed by atoms with Crippen LogP contribution in [0.5, 0.6) is 23.0 Å². The lowest BCUT2D eigenvalue weighted by Crippen LogP contribution is -2.48. The minimum atomic E-state index is -4.09. The summed E-state index contributed by atoms with van der Waals surface area (Å²) in [5.74, 6) is 1.26. The molecule has 0 heterocycles. The van der Waals surface area contributed by atoms with Gasteiger partial charge in [-0.05, 0) is 48.7 Å². The normalized spacial score (nSPS) is 12.8. The third-order valence-corrected chi connectivity index (χ3v) is 7.30. The molecule has 2 N–H and O–H groups in total. The Morgan fingerprint density at radius 3 is 1.95 bits per heavy atom. The van der Waals surface area contributed by atoms with Crippen LogP contribution in [0.1, 0.15) is 24.1 Å². The first-order valence-corrected chi connectivity index (χ1v) is 13.0. The lowest BCUT2D eigenvalue weighted by molar-refractivity contribution is -0.123. The largest absolute Gasteiger partial charge is 0.493 e. The summed E-state index contributed by atoms with van der Waals surface area (Å²) in [6, 6.07) is 17.3. The lowest BCUT2D eigenvalue weighted by atomic mass is 10.0. The second-order valence-electron chi connectivity index (χ2n) is 8.23. The molecule has 0 aliphatic rings. The highest BCUT2D eigenvalue weighted by Gasteiger charge is 2.28. The first kappa shape index (κ1) is 27.8. The first-order valence-electron chi connectivity index (χ1n) is 11.5. The standard InChI is InChI=1S/C27H32N2O7S/c1-18(20-11-13-23(33-2)25(16-20)35-4)28-27(30)22(15-19-9-7-6-8-10-19)29-37(31,32)21-12-14-24(34-3)26(17-21)36-5/h6-14,16-18,22,29H,15H2,1-5H3,(H,28,30)/t18-,22-/m0/s1. The van der Waals surface area contributed by atoms with Gasteiger partial charge >= 0.3 is 0 Å². The topological polar surface area (TPSA) is 112 Å². The smallest absolute Gasteiger partial charge is 0.241 e. The number of methoxy groups -OCH3 is 4. The van der Waals surface area contributed by atoms with Crippen LogP contribution in [0, 0.1) is 0 Å². The van der Waals surface area contributed by atoms with Gasteiger partial charge in [-0.25, -0.2) is 8.42 Å². The Bertz CT molecular complexity index is 1310. The van der Waals surface area contributed by atoms with E-state index in [1.54, 1.807) is 19.2 Å². The Morgan fingerprint density at radius 1 is 0.784 bits per heavy atom. The van der Waals surface area contributed by atoms with Gasteiger partial charge in [-0.3, -0.25) is 4.79 Å². The summed E-state index contributed by atoms with van der Waals surface area (Å²) in [6.45, 7) is 1.81. The minimum absolute atomic E-state index is 0.0519. The van der Waals surface area contributed by atoms with Crippen molar-refractivity contribution in [1.29, 1.82) is 0 Å². The molecule has 0 aromatic heterocycles. The molecule has 3 aromatic carbocycles. The summed E-state index contributed by atoms with van der Waals surface area (Å²) >= 11 is 0. The van der Waals surface area contributed by atoms with E-state index in [1.165, 1.54) is 39.5 Å². The molecular formula is C27H32N2O7S. The molecule has 0 aliphatic heterocycles. The molecule has 9 nitrogen and oxygen atoms in total. The molecule has 3 aromatic rings. The van der Waals surface area contributed by atoms with Crippen molar-refractivity contribution >= 4 is 15.9 Å². The van der Waals surface area contributed by atoms with E-state index in [0.717, 1.165) is 11.1 Å². The van der Waals surface area contributed by atoms with Gasteiger partial charge in [0.1, 0.15) is 6.04 Å². The molecule has 0 bridgehead atoms. The molecular weight excluding hydrogens is 496 g/mol. The van der Waals surface area contributed by atoms with E-state index in [2.05, 4.69) is 10.0 Å². The van der Waals surface area contributed by atoms with Crippen molar-refractivity contribution in [2.45, 2.75) is 30.3 Å². The van der Waals surface area contributed by atoms with Crippen molar-refractivity contribution in [2.24, 2.45) is 0 Å². The monoisotopic (exact) mass is 528 g/mol. The van der Waals surface area contributed by atoms with E-state index in [4.69, 9.17) is 18.9 Å². The lowest BCUT2D eigenvalue weighted by Gasteiger charge is -2.22. The second kappa shape index (κ2) is 12.5. The summed E-state index contributed by atoms with van der Waals surface area (Å²) in [7, 11) is 1.87. The van der Waals surface area contributed by atoms with Crippen LogP contribution in [0.25, 0.3) is 0 Å². The Morgan fingerprint density at radius 2 is 1.35 bits per heavy atom. The molecule has 37 heavy (non-hydrogen) atoms. The molecule has 0 saturated carbocycles.